The SMILES string of the molecule is COc1cccc(NC(=O)Cc2nccn2C)c1. The van der Waals surface area contributed by atoms with E-state index in [1.807, 2.05) is 36.0 Å². The van der Waals surface area contributed by atoms with Gasteiger partial charge in [-0.3, -0.25) is 4.79 Å². The number of anilines is 1. The number of benzene rings is 1. The minimum Gasteiger partial charge on any atom is -0.497 e. The van der Waals surface area contributed by atoms with Crippen molar-refractivity contribution in [3.05, 3.63) is 42.5 Å². The number of methoxy groups -OCH3 is 1. The number of rotatable bonds is 4. The Hall–Kier alpha value is -2.30. The van der Waals surface area contributed by atoms with Gasteiger partial charge in [-0.2, -0.15) is 0 Å². The van der Waals surface area contributed by atoms with E-state index in [2.05, 4.69) is 10.3 Å². The summed E-state index contributed by atoms with van der Waals surface area (Å²) in [6.45, 7) is 0. The Labute approximate surface area is 105 Å². The number of aryl methyl sites for hydroxylation is 1. The molecule has 1 N–H and O–H groups in total. The third-order valence-corrected chi connectivity index (χ3v) is 2.59. The van der Waals surface area contributed by atoms with Crippen molar-refractivity contribution in [2.24, 2.45) is 7.05 Å². The van der Waals surface area contributed by atoms with Crippen LogP contribution in [-0.2, 0) is 18.3 Å². The molecule has 94 valence electrons. The molecule has 0 spiro atoms. The highest BCUT2D eigenvalue weighted by Gasteiger charge is 2.07. The Morgan fingerprint density at radius 1 is 1.50 bits per heavy atom. The van der Waals surface area contributed by atoms with Gasteiger partial charge in [-0.25, -0.2) is 4.98 Å². The monoisotopic (exact) mass is 245 g/mol. The van der Waals surface area contributed by atoms with Crippen LogP contribution < -0.4 is 10.1 Å². The van der Waals surface area contributed by atoms with Gasteiger partial charge in [-0.1, -0.05) is 6.07 Å². The number of carbonyl (C=O) groups excluding carboxylic acids is 1. The molecule has 1 heterocycles. The van der Waals surface area contributed by atoms with Crippen molar-refractivity contribution < 1.29 is 9.53 Å². The number of carbonyl (C=O) groups is 1. The summed E-state index contributed by atoms with van der Waals surface area (Å²) in [4.78, 5) is 15.9. The average Bonchev–Trinajstić information content (AvgIpc) is 2.75. The van der Waals surface area contributed by atoms with Crippen LogP contribution in [0.25, 0.3) is 0 Å². The van der Waals surface area contributed by atoms with Crippen molar-refractivity contribution in [3.63, 3.8) is 0 Å². The van der Waals surface area contributed by atoms with Crippen LogP contribution >= 0.6 is 0 Å². The van der Waals surface area contributed by atoms with Crippen LogP contribution in [0.3, 0.4) is 0 Å². The Balaban J connectivity index is 2.01. The minimum atomic E-state index is -0.0995. The summed E-state index contributed by atoms with van der Waals surface area (Å²) in [6, 6.07) is 7.25. The summed E-state index contributed by atoms with van der Waals surface area (Å²) >= 11 is 0. The molecule has 0 saturated carbocycles. The summed E-state index contributed by atoms with van der Waals surface area (Å²) in [5.74, 6) is 1.35. The summed E-state index contributed by atoms with van der Waals surface area (Å²) < 4.78 is 6.92. The van der Waals surface area contributed by atoms with Crippen molar-refractivity contribution in [3.8, 4) is 5.75 Å². The first kappa shape index (κ1) is 12.2. The van der Waals surface area contributed by atoms with E-state index in [-0.39, 0.29) is 12.3 Å². The molecule has 0 aliphatic rings. The molecule has 5 nitrogen and oxygen atoms in total. The molecule has 0 aliphatic heterocycles. The van der Waals surface area contributed by atoms with E-state index < -0.39 is 0 Å². The molecule has 0 bridgehead atoms. The number of ether oxygens (including phenoxy) is 1. The van der Waals surface area contributed by atoms with E-state index in [4.69, 9.17) is 4.74 Å². The lowest BCUT2D eigenvalue weighted by atomic mass is 10.3. The number of hydrogen-bond acceptors (Lipinski definition) is 3. The zero-order valence-corrected chi connectivity index (χ0v) is 10.4. The van der Waals surface area contributed by atoms with Gasteiger partial charge in [0.1, 0.15) is 11.6 Å². The average molecular weight is 245 g/mol. The predicted octanol–water partition coefficient (Wildman–Crippen LogP) is 1.61. The van der Waals surface area contributed by atoms with E-state index in [1.165, 1.54) is 0 Å². The van der Waals surface area contributed by atoms with E-state index in [1.54, 1.807) is 19.4 Å². The molecular formula is C13H15N3O2. The van der Waals surface area contributed by atoms with E-state index >= 15 is 0 Å². The molecule has 0 atom stereocenters. The fraction of sp³-hybridized carbons (Fsp3) is 0.231. The molecule has 2 aromatic rings. The van der Waals surface area contributed by atoms with Crippen LogP contribution in [0.4, 0.5) is 5.69 Å². The maximum atomic E-state index is 11.8. The van der Waals surface area contributed by atoms with Crippen molar-refractivity contribution >= 4 is 11.6 Å². The first-order valence-electron chi connectivity index (χ1n) is 5.59. The molecular weight excluding hydrogens is 230 g/mol. The van der Waals surface area contributed by atoms with Gasteiger partial charge in [0, 0.05) is 31.2 Å². The topological polar surface area (TPSA) is 56.1 Å². The molecule has 1 aromatic heterocycles. The van der Waals surface area contributed by atoms with Crippen LogP contribution in [0.1, 0.15) is 5.82 Å². The number of hydrogen-bond donors (Lipinski definition) is 1. The van der Waals surface area contributed by atoms with E-state index in [9.17, 15) is 4.79 Å². The molecule has 1 aromatic carbocycles. The second kappa shape index (κ2) is 5.35. The fourth-order valence-corrected chi connectivity index (χ4v) is 1.62. The normalized spacial score (nSPS) is 10.1. The van der Waals surface area contributed by atoms with Crippen molar-refractivity contribution in [1.82, 2.24) is 9.55 Å². The van der Waals surface area contributed by atoms with Gasteiger partial charge >= 0.3 is 0 Å². The number of amides is 1. The van der Waals surface area contributed by atoms with Crippen molar-refractivity contribution in [2.75, 3.05) is 12.4 Å². The molecule has 2 rings (SSSR count). The minimum absolute atomic E-state index is 0.0995. The predicted molar refractivity (Wildman–Crippen MR) is 68.5 cm³/mol. The largest absolute Gasteiger partial charge is 0.497 e. The van der Waals surface area contributed by atoms with Crippen LogP contribution in [0, 0.1) is 0 Å². The summed E-state index contributed by atoms with van der Waals surface area (Å²) in [5, 5.41) is 2.81. The summed E-state index contributed by atoms with van der Waals surface area (Å²) in [7, 11) is 3.45. The Kier molecular flexibility index (Phi) is 3.62. The highest BCUT2D eigenvalue weighted by atomic mass is 16.5. The lowest BCUT2D eigenvalue weighted by Crippen LogP contribution is -2.16. The third-order valence-electron chi connectivity index (χ3n) is 2.59. The van der Waals surface area contributed by atoms with Crippen LogP contribution in [0.5, 0.6) is 5.75 Å². The van der Waals surface area contributed by atoms with Gasteiger partial charge in [0.05, 0.1) is 13.5 Å². The third kappa shape index (κ3) is 2.88. The smallest absolute Gasteiger partial charge is 0.231 e. The van der Waals surface area contributed by atoms with Gasteiger partial charge < -0.3 is 14.6 Å². The highest BCUT2D eigenvalue weighted by Crippen LogP contribution is 2.16. The molecule has 0 unspecified atom stereocenters. The highest BCUT2D eigenvalue weighted by molar-refractivity contribution is 5.92. The molecule has 0 aliphatic carbocycles. The second-order valence-electron chi connectivity index (χ2n) is 3.91. The van der Waals surface area contributed by atoms with Crippen LogP contribution in [-0.4, -0.2) is 22.6 Å². The summed E-state index contributed by atoms with van der Waals surface area (Å²) in [6.07, 6.45) is 3.74. The first-order chi connectivity index (χ1) is 8.69. The van der Waals surface area contributed by atoms with Gasteiger partial charge in [0.15, 0.2) is 0 Å². The van der Waals surface area contributed by atoms with Gasteiger partial charge in [0.2, 0.25) is 5.91 Å². The standard InChI is InChI=1S/C13H15N3O2/c1-16-7-6-14-12(16)9-13(17)15-10-4-3-5-11(8-10)18-2/h3-8H,9H2,1-2H3,(H,15,17). The maximum Gasteiger partial charge on any atom is 0.231 e. The molecule has 0 radical (unpaired) electrons. The lowest BCUT2D eigenvalue weighted by molar-refractivity contribution is -0.115. The van der Waals surface area contributed by atoms with Gasteiger partial charge in [-0.15, -0.1) is 0 Å². The molecule has 18 heavy (non-hydrogen) atoms. The van der Waals surface area contributed by atoms with Crippen LogP contribution in [0.2, 0.25) is 0 Å². The molecule has 0 saturated heterocycles. The van der Waals surface area contributed by atoms with Crippen LogP contribution in [0.15, 0.2) is 36.7 Å². The Bertz CT molecular complexity index is 549. The zero-order chi connectivity index (χ0) is 13.0. The number of aromatic nitrogens is 2. The molecule has 1 amide bonds. The van der Waals surface area contributed by atoms with E-state index in [0.29, 0.717) is 11.4 Å². The molecule has 0 fully saturated rings. The Morgan fingerprint density at radius 3 is 3.00 bits per heavy atom. The second-order valence-corrected chi connectivity index (χ2v) is 3.91. The van der Waals surface area contributed by atoms with Crippen molar-refractivity contribution in [1.29, 1.82) is 0 Å². The number of nitrogens with zero attached hydrogens (tertiary/aromatic N) is 2. The Morgan fingerprint density at radius 2 is 2.33 bits per heavy atom. The molecule has 5 heteroatoms. The van der Waals surface area contributed by atoms with Gasteiger partial charge in [-0.05, 0) is 12.1 Å². The lowest BCUT2D eigenvalue weighted by Gasteiger charge is -2.07. The fourth-order valence-electron chi connectivity index (χ4n) is 1.62. The summed E-state index contributed by atoms with van der Waals surface area (Å²) in [5.41, 5.74) is 0.716. The van der Waals surface area contributed by atoms with E-state index in [0.717, 1.165) is 5.82 Å². The quantitative estimate of drug-likeness (QED) is 0.890. The number of imidazole rings is 1. The maximum absolute atomic E-state index is 11.8. The van der Waals surface area contributed by atoms with Gasteiger partial charge in [0.25, 0.3) is 0 Å². The van der Waals surface area contributed by atoms with Crippen molar-refractivity contribution in [2.45, 2.75) is 6.42 Å². The first-order valence-corrected chi connectivity index (χ1v) is 5.59. The zero-order valence-electron chi connectivity index (χ0n) is 10.4. The number of nitrogens with one attached hydrogen (secondary N) is 1.